The molecule has 0 aliphatic heterocycles. The minimum absolute atomic E-state index is 0.000242. The highest BCUT2D eigenvalue weighted by Crippen LogP contribution is 2.23. The number of rotatable bonds is 7. The molecule has 26 heavy (non-hydrogen) atoms. The van der Waals surface area contributed by atoms with Crippen LogP contribution in [0.3, 0.4) is 0 Å². The van der Waals surface area contributed by atoms with E-state index in [1.165, 1.54) is 12.0 Å². The summed E-state index contributed by atoms with van der Waals surface area (Å²) in [6, 6.07) is 16.5. The number of hydrogen-bond donors (Lipinski definition) is 1. The summed E-state index contributed by atoms with van der Waals surface area (Å²) in [4.78, 5) is 15.0. The van der Waals surface area contributed by atoms with Crippen LogP contribution >= 0.6 is 0 Å². The molecular weight excluding hydrogens is 328 g/mol. The van der Waals surface area contributed by atoms with Gasteiger partial charge >= 0.3 is 0 Å². The van der Waals surface area contributed by atoms with E-state index in [4.69, 9.17) is 9.15 Å². The van der Waals surface area contributed by atoms with E-state index in [1.807, 2.05) is 31.2 Å². The lowest BCUT2D eigenvalue weighted by Crippen LogP contribution is -2.31. The van der Waals surface area contributed by atoms with Crippen molar-refractivity contribution in [2.75, 3.05) is 0 Å². The number of oxazole rings is 1. The average Bonchev–Trinajstić information content (AvgIpc) is 3.14. The Morgan fingerprint density at radius 1 is 1.12 bits per heavy atom. The molecule has 5 nitrogen and oxygen atoms in total. The van der Waals surface area contributed by atoms with E-state index < -0.39 is 0 Å². The van der Waals surface area contributed by atoms with Crippen molar-refractivity contribution in [1.82, 2.24) is 10.3 Å². The zero-order valence-electron chi connectivity index (χ0n) is 14.9. The number of carbonyl (C=O) groups excluding carboxylic acids is 1. The van der Waals surface area contributed by atoms with E-state index in [-0.39, 0.29) is 11.9 Å². The van der Waals surface area contributed by atoms with Crippen molar-refractivity contribution in [3.05, 3.63) is 72.4 Å². The summed E-state index contributed by atoms with van der Waals surface area (Å²) in [5.74, 6) is 1.48. The van der Waals surface area contributed by atoms with E-state index in [0.29, 0.717) is 12.4 Å². The van der Waals surface area contributed by atoms with Crippen LogP contribution in [-0.2, 0) is 17.8 Å². The summed E-state index contributed by atoms with van der Waals surface area (Å²) >= 11 is 0. The van der Waals surface area contributed by atoms with Crippen LogP contribution in [0.2, 0.25) is 0 Å². The van der Waals surface area contributed by atoms with Crippen molar-refractivity contribution in [3.8, 4) is 16.9 Å². The number of carbonyl (C=O) groups is 1. The molecule has 0 saturated heterocycles. The van der Waals surface area contributed by atoms with Gasteiger partial charge < -0.3 is 14.5 Å². The molecule has 1 atom stereocenters. The van der Waals surface area contributed by atoms with Gasteiger partial charge in [-0.25, -0.2) is 4.98 Å². The summed E-state index contributed by atoms with van der Waals surface area (Å²) in [6.07, 6.45) is 3.85. The first-order valence-corrected chi connectivity index (χ1v) is 8.57. The largest absolute Gasteiger partial charge is 0.486 e. The van der Waals surface area contributed by atoms with Crippen molar-refractivity contribution < 1.29 is 13.9 Å². The smallest absolute Gasteiger partial charge is 0.217 e. The van der Waals surface area contributed by atoms with E-state index in [9.17, 15) is 4.79 Å². The van der Waals surface area contributed by atoms with Gasteiger partial charge in [0, 0.05) is 13.0 Å². The third-order valence-corrected chi connectivity index (χ3v) is 4.00. The Morgan fingerprint density at radius 2 is 1.77 bits per heavy atom. The van der Waals surface area contributed by atoms with Gasteiger partial charge in [0.1, 0.15) is 12.4 Å². The first-order valence-electron chi connectivity index (χ1n) is 8.57. The number of benzene rings is 2. The monoisotopic (exact) mass is 350 g/mol. The van der Waals surface area contributed by atoms with Crippen LogP contribution in [0.25, 0.3) is 11.1 Å². The number of nitrogens with one attached hydrogen (secondary N) is 1. The SMILES string of the molecule is CC(=O)NC(C)Cc1ccc(-c2ccc(OCc3cnco3)cc2)cc1. The van der Waals surface area contributed by atoms with Crippen LogP contribution in [0, 0.1) is 0 Å². The lowest BCUT2D eigenvalue weighted by atomic mass is 10.0. The molecule has 0 saturated carbocycles. The Labute approximate surface area is 153 Å². The summed E-state index contributed by atoms with van der Waals surface area (Å²) < 4.78 is 10.8. The van der Waals surface area contributed by atoms with Crippen LogP contribution in [0.15, 0.2) is 65.5 Å². The van der Waals surface area contributed by atoms with E-state index >= 15 is 0 Å². The van der Waals surface area contributed by atoms with Gasteiger partial charge in [0.2, 0.25) is 5.91 Å². The maximum Gasteiger partial charge on any atom is 0.217 e. The summed E-state index contributed by atoms with van der Waals surface area (Å²) in [7, 11) is 0. The molecule has 1 N–H and O–H groups in total. The molecule has 1 unspecified atom stereocenters. The van der Waals surface area contributed by atoms with Gasteiger partial charge in [-0.3, -0.25) is 4.79 Å². The second kappa shape index (κ2) is 8.34. The Morgan fingerprint density at radius 3 is 2.35 bits per heavy atom. The fourth-order valence-corrected chi connectivity index (χ4v) is 2.80. The number of hydrogen-bond acceptors (Lipinski definition) is 4. The van der Waals surface area contributed by atoms with Crippen molar-refractivity contribution >= 4 is 5.91 Å². The van der Waals surface area contributed by atoms with Gasteiger partial charge in [0.15, 0.2) is 12.2 Å². The summed E-state index contributed by atoms with van der Waals surface area (Å²) in [6.45, 7) is 3.91. The van der Waals surface area contributed by atoms with Crippen LogP contribution in [0.5, 0.6) is 5.75 Å². The third kappa shape index (κ3) is 4.96. The first kappa shape index (κ1) is 17.7. The van der Waals surface area contributed by atoms with Gasteiger partial charge in [-0.05, 0) is 42.2 Å². The number of nitrogens with zero attached hydrogens (tertiary/aromatic N) is 1. The Balaban J connectivity index is 1.59. The Bertz CT molecular complexity index is 825. The van der Waals surface area contributed by atoms with Gasteiger partial charge in [0.25, 0.3) is 0 Å². The number of ether oxygens (including phenoxy) is 1. The number of amides is 1. The lowest BCUT2D eigenvalue weighted by molar-refractivity contribution is -0.119. The van der Waals surface area contributed by atoms with Crippen molar-refractivity contribution in [2.24, 2.45) is 0 Å². The molecule has 1 amide bonds. The van der Waals surface area contributed by atoms with Crippen LogP contribution in [0.4, 0.5) is 0 Å². The first-order chi connectivity index (χ1) is 12.6. The highest BCUT2D eigenvalue weighted by atomic mass is 16.5. The van der Waals surface area contributed by atoms with Gasteiger partial charge in [0.05, 0.1) is 6.20 Å². The molecule has 2 aromatic carbocycles. The maximum absolute atomic E-state index is 11.1. The van der Waals surface area contributed by atoms with Crippen LogP contribution < -0.4 is 10.1 Å². The minimum Gasteiger partial charge on any atom is -0.486 e. The van der Waals surface area contributed by atoms with E-state index in [1.54, 1.807) is 13.1 Å². The quantitative estimate of drug-likeness (QED) is 0.700. The highest BCUT2D eigenvalue weighted by molar-refractivity contribution is 5.73. The number of aromatic nitrogens is 1. The van der Waals surface area contributed by atoms with Crippen molar-refractivity contribution in [1.29, 1.82) is 0 Å². The minimum atomic E-state index is -0.000242. The van der Waals surface area contributed by atoms with Crippen molar-refractivity contribution in [3.63, 3.8) is 0 Å². The third-order valence-electron chi connectivity index (χ3n) is 4.00. The normalized spacial score (nSPS) is 11.8. The van der Waals surface area contributed by atoms with E-state index in [2.05, 4.69) is 34.6 Å². The molecule has 1 heterocycles. The molecule has 0 bridgehead atoms. The second-order valence-corrected chi connectivity index (χ2v) is 6.28. The zero-order chi connectivity index (χ0) is 18.4. The predicted octanol–water partition coefficient (Wildman–Crippen LogP) is 3.99. The predicted molar refractivity (Wildman–Crippen MR) is 99.7 cm³/mol. The highest BCUT2D eigenvalue weighted by Gasteiger charge is 2.06. The molecule has 0 radical (unpaired) electrons. The maximum atomic E-state index is 11.1. The molecule has 1 aromatic heterocycles. The second-order valence-electron chi connectivity index (χ2n) is 6.28. The Hall–Kier alpha value is -3.08. The Kier molecular flexibility index (Phi) is 5.69. The van der Waals surface area contributed by atoms with E-state index in [0.717, 1.165) is 23.3 Å². The fraction of sp³-hybridized carbons (Fsp3) is 0.238. The molecule has 0 fully saturated rings. The molecule has 0 aliphatic rings. The molecule has 134 valence electrons. The molecule has 5 heteroatoms. The zero-order valence-corrected chi connectivity index (χ0v) is 14.9. The van der Waals surface area contributed by atoms with Gasteiger partial charge in [-0.2, -0.15) is 0 Å². The molecule has 0 aliphatic carbocycles. The van der Waals surface area contributed by atoms with Crippen LogP contribution in [-0.4, -0.2) is 16.9 Å². The molecule has 3 aromatic rings. The fourth-order valence-electron chi connectivity index (χ4n) is 2.80. The average molecular weight is 350 g/mol. The molecular formula is C21H22N2O3. The van der Waals surface area contributed by atoms with Crippen LogP contribution in [0.1, 0.15) is 25.2 Å². The van der Waals surface area contributed by atoms with Crippen molar-refractivity contribution in [2.45, 2.75) is 32.9 Å². The van der Waals surface area contributed by atoms with Gasteiger partial charge in [-0.1, -0.05) is 36.4 Å². The summed E-state index contributed by atoms with van der Waals surface area (Å²) in [5.41, 5.74) is 3.46. The molecule has 0 spiro atoms. The topological polar surface area (TPSA) is 64.4 Å². The summed E-state index contributed by atoms with van der Waals surface area (Å²) in [5, 5.41) is 2.90. The molecule has 3 rings (SSSR count). The standard InChI is InChI=1S/C21H22N2O3/c1-15(23-16(2)24)11-17-3-5-18(6-4-17)19-7-9-20(10-8-19)25-13-21-12-22-14-26-21/h3-10,12,14-15H,11,13H2,1-2H3,(H,23,24). The lowest BCUT2D eigenvalue weighted by Gasteiger charge is -2.13. The van der Waals surface area contributed by atoms with Gasteiger partial charge in [-0.15, -0.1) is 0 Å².